The Labute approximate surface area is 118 Å². The van der Waals surface area contributed by atoms with E-state index >= 15 is 0 Å². The largest absolute Gasteiger partial charge is 0.392 e. The molecule has 0 unspecified atom stereocenters. The first kappa shape index (κ1) is 12.6. The summed E-state index contributed by atoms with van der Waals surface area (Å²) >= 11 is 0. The van der Waals surface area contributed by atoms with Crippen LogP contribution in [0.15, 0.2) is 60.7 Å². The molecule has 2 heteroatoms. The Hall–Kier alpha value is -2.45. The molecule has 0 saturated heterocycles. The van der Waals surface area contributed by atoms with Crippen molar-refractivity contribution in [3.63, 3.8) is 0 Å². The van der Waals surface area contributed by atoms with Gasteiger partial charge in [-0.25, -0.2) is 4.98 Å². The predicted molar refractivity (Wildman–Crippen MR) is 83.0 cm³/mol. The highest BCUT2D eigenvalue weighted by molar-refractivity contribution is 5.82. The molecule has 98 valence electrons. The van der Waals surface area contributed by atoms with Gasteiger partial charge in [-0.1, -0.05) is 54.6 Å². The Bertz CT molecular complexity index is 748. The van der Waals surface area contributed by atoms with Gasteiger partial charge in [0.1, 0.15) is 0 Å². The van der Waals surface area contributed by atoms with Gasteiger partial charge in [-0.05, 0) is 23.8 Å². The zero-order chi connectivity index (χ0) is 13.8. The molecule has 0 amide bonds. The molecule has 1 aromatic heterocycles. The summed E-state index contributed by atoms with van der Waals surface area (Å²) in [6.07, 6.45) is 3.96. The molecule has 0 bridgehead atoms. The molecule has 2 nitrogen and oxygen atoms in total. The molecule has 3 rings (SSSR count). The van der Waals surface area contributed by atoms with Crippen LogP contribution in [0.2, 0.25) is 0 Å². The molecule has 2 aromatic carbocycles. The monoisotopic (exact) mass is 261 g/mol. The van der Waals surface area contributed by atoms with Gasteiger partial charge >= 0.3 is 0 Å². The van der Waals surface area contributed by atoms with Gasteiger partial charge in [-0.2, -0.15) is 0 Å². The van der Waals surface area contributed by atoms with Crippen LogP contribution in [0.4, 0.5) is 0 Å². The SMILES string of the molecule is OCc1cc2ccccc2nc1C=Cc1ccccc1. The number of benzene rings is 2. The fourth-order valence-electron chi connectivity index (χ4n) is 2.18. The first-order valence-electron chi connectivity index (χ1n) is 6.59. The van der Waals surface area contributed by atoms with Crippen molar-refractivity contribution in [1.82, 2.24) is 4.98 Å². The highest BCUT2D eigenvalue weighted by Crippen LogP contribution is 2.18. The molecule has 0 radical (unpaired) electrons. The Morgan fingerprint density at radius 3 is 2.45 bits per heavy atom. The molecule has 0 aliphatic rings. The maximum absolute atomic E-state index is 9.50. The van der Waals surface area contributed by atoms with E-state index in [0.29, 0.717) is 0 Å². The second-order valence-electron chi connectivity index (χ2n) is 4.63. The van der Waals surface area contributed by atoms with Crippen LogP contribution >= 0.6 is 0 Å². The Morgan fingerprint density at radius 1 is 0.900 bits per heavy atom. The maximum atomic E-state index is 9.50. The Balaban J connectivity index is 2.04. The predicted octanol–water partition coefficient (Wildman–Crippen LogP) is 3.90. The zero-order valence-electron chi connectivity index (χ0n) is 11.0. The van der Waals surface area contributed by atoms with Crippen molar-refractivity contribution in [2.45, 2.75) is 6.61 Å². The third kappa shape index (κ3) is 2.60. The van der Waals surface area contributed by atoms with Crippen molar-refractivity contribution in [3.05, 3.63) is 77.5 Å². The molecule has 0 fully saturated rings. The second kappa shape index (κ2) is 5.68. The second-order valence-corrected chi connectivity index (χ2v) is 4.63. The van der Waals surface area contributed by atoms with Gasteiger partial charge in [0.2, 0.25) is 0 Å². The fraction of sp³-hybridized carbons (Fsp3) is 0.0556. The van der Waals surface area contributed by atoms with Gasteiger partial charge in [0.05, 0.1) is 17.8 Å². The van der Waals surface area contributed by atoms with E-state index in [0.717, 1.165) is 27.7 Å². The lowest BCUT2D eigenvalue weighted by Crippen LogP contribution is -1.93. The van der Waals surface area contributed by atoms with E-state index < -0.39 is 0 Å². The topological polar surface area (TPSA) is 33.1 Å². The van der Waals surface area contributed by atoms with Gasteiger partial charge in [-0.3, -0.25) is 0 Å². The first-order valence-corrected chi connectivity index (χ1v) is 6.59. The number of aliphatic hydroxyl groups is 1. The molecule has 3 aromatic rings. The summed E-state index contributed by atoms with van der Waals surface area (Å²) < 4.78 is 0. The van der Waals surface area contributed by atoms with Gasteiger partial charge in [0.25, 0.3) is 0 Å². The quantitative estimate of drug-likeness (QED) is 0.775. The summed E-state index contributed by atoms with van der Waals surface area (Å²) in [6, 6.07) is 20.0. The normalized spacial score (nSPS) is 11.2. The molecule has 1 heterocycles. The van der Waals surface area contributed by atoms with Crippen LogP contribution in [0.1, 0.15) is 16.8 Å². The summed E-state index contributed by atoms with van der Waals surface area (Å²) in [5.74, 6) is 0. The van der Waals surface area contributed by atoms with E-state index in [1.54, 1.807) is 0 Å². The molecular weight excluding hydrogens is 246 g/mol. The van der Waals surface area contributed by atoms with E-state index in [4.69, 9.17) is 0 Å². The lowest BCUT2D eigenvalue weighted by molar-refractivity contribution is 0.281. The summed E-state index contributed by atoms with van der Waals surface area (Å²) in [5, 5.41) is 10.6. The molecule has 0 spiro atoms. The van der Waals surface area contributed by atoms with Crippen molar-refractivity contribution in [2.75, 3.05) is 0 Å². The number of rotatable bonds is 3. The smallest absolute Gasteiger partial charge is 0.0709 e. The summed E-state index contributed by atoms with van der Waals surface area (Å²) in [4.78, 5) is 4.61. The van der Waals surface area contributed by atoms with Crippen molar-refractivity contribution in [3.8, 4) is 0 Å². The number of pyridine rings is 1. The van der Waals surface area contributed by atoms with Crippen LogP contribution in [-0.4, -0.2) is 10.1 Å². The maximum Gasteiger partial charge on any atom is 0.0709 e. The minimum absolute atomic E-state index is 0.00764. The van der Waals surface area contributed by atoms with Crippen molar-refractivity contribution < 1.29 is 5.11 Å². The van der Waals surface area contributed by atoms with E-state index in [-0.39, 0.29) is 6.61 Å². The molecule has 20 heavy (non-hydrogen) atoms. The van der Waals surface area contributed by atoms with Gasteiger partial charge < -0.3 is 5.11 Å². The first-order chi connectivity index (χ1) is 9.86. The minimum atomic E-state index is -0.00764. The van der Waals surface area contributed by atoms with E-state index in [2.05, 4.69) is 4.98 Å². The van der Waals surface area contributed by atoms with Crippen LogP contribution in [0, 0.1) is 0 Å². The van der Waals surface area contributed by atoms with Crippen LogP contribution in [0.3, 0.4) is 0 Å². The van der Waals surface area contributed by atoms with E-state index in [1.165, 1.54) is 0 Å². The van der Waals surface area contributed by atoms with E-state index in [9.17, 15) is 5.11 Å². The van der Waals surface area contributed by atoms with E-state index in [1.807, 2.05) is 72.8 Å². The van der Waals surface area contributed by atoms with Crippen LogP contribution in [-0.2, 0) is 6.61 Å². The number of nitrogens with zero attached hydrogens (tertiary/aromatic N) is 1. The summed E-state index contributed by atoms with van der Waals surface area (Å²) in [6.45, 7) is -0.00764. The van der Waals surface area contributed by atoms with Gasteiger partial charge in [0.15, 0.2) is 0 Å². The number of hydrogen-bond donors (Lipinski definition) is 1. The standard InChI is InChI=1S/C18H15NO/c20-13-16-12-15-8-4-5-9-17(15)19-18(16)11-10-14-6-2-1-3-7-14/h1-12,20H,13H2. The number of hydrogen-bond acceptors (Lipinski definition) is 2. The van der Waals surface area contributed by atoms with Gasteiger partial charge in [-0.15, -0.1) is 0 Å². The lowest BCUT2D eigenvalue weighted by Gasteiger charge is -2.05. The average molecular weight is 261 g/mol. The van der Waals surface area contributed by atoms with Crippen LogP contribution in [0.5, 0.6) is 0 Å². The van der Waals surface area contributed by atoms with Crippen LogP contribution < -0.4 is 0 Å². The number of fused-ring (bicyclic) bond motifs is 1. The van der Waals surface area contributed by atoms with Crippen molar-refractivity contribution >= 4 is 23.1 Å². The number of aliphatic hydroxyl groups excluding tert-OH is 1. The molecule has 1 N–H and O–H groups in total. The number of aromatic nitrogens is 1. The fourth-order valence-corrected chi connectivity index (χ4v) is 2.18. The van der Waals surface area contributed by atoms with Crippen LogP contribution in [0.25, 0.3) is 23.1 Å². The molecule has 0 saturated carbocycles. The number of para-hydroxylation sites is 1. The highest BCUT2D eigenvalue weighted by atomic mass is 16.3. The Kier molecular flexibility index (Phi) is 3.57. The highest BCUT2D eigenvalue weighted by Gasteiger charge is 2.03. The molecule has 0 atom stereocenters. The summed E-state index contributed by atoms with van der Waals surface area (Å²) in [7, 11) is 0. The third-order valence-electron chi connectivity index (χ3n) is 3.24. The Morgan fingerprint density at radius 2 is 1.65 bits per heavy atom. The average Bonchev–Trinajstić information content (AvgIpc) is 2.53. The summed E-state index contributed by atoms with van der Waals surface area (Å²) in [5.41, 5.74) is 3.72. The van der Waals surface area contributed by atoms with Gasteiger partial charge in [0, 0.05) is 10.9 Å². The molecular formula is C18H15NO. The zero-order valence-corrected chi connectivity index (χ0v) is 11.0. The third-order valence-corrected chi connectivity index (χ3v) is 3.24. The molecule has 0 aliphatic carbocycles. The van der Waals surface area contributed by atoms with Crippen molar-refractivity contribution in [2.24, 2.45) is 0 Å². The minimum Gasteiger partial charge on any atom is -0.392 e. The lowest BCUT2D eigenvalue weighted by atomic mass is 10.1. The molecule has 0 aliphatic heterocycles. The van der Waals surface area contributed by atoms with Crippen molar-refractivity contribution in [1.29, 1.82) is 0 Å².